The molecule has 8 heteroatoms. The van der Waals surface area contributed by atoms with E-state index in [0.717, 1.165) is 27.8 Å². The number of amides is 1. The van der Waals surface area contributed by atoms with E-state index in [1.54, 1.807) is 0 Å². The number of nitrogens with zero attached hydrogens (tertiary/aromatic N) is 3. The maximum Gasteiger partial charge on any atom is 0.263 e. The molecule has 1 N–H and O–H groups in total. The maximum absolute atomic E-state index is 12.4. The number of thiazole rings is 1. The average molecular weight is 330 g/mol. The molecule has 0 radical (unpaired) electrons. The molecule has 23 heavy (non-hydrogen) atoms. The monoisotopic (exact) mass is 330 g/mol. The van der Waals surface area contributed by atoms with Gasteiger partial charge in [-0.2, -0.15) is 0 Å². The van der Waals surface area contributed by atoms with Crippen LogP contribution in [0.3, 0.4) is 0 Å². The summed E-state index contributed by atoms with van der Waals surface area (Å²) < 4.78 is 12.5. The summed E-state index contributed by atoms with van der Waals surface area (Å²) in [5.74, 6) is 2.11. The Hall–Kier alpha value is -2.61. The number of fused-ring (bicyclic) bond motifs is 2. The fraction of sp³-hybridized carbons (Fsp3) is 0.267. The Morgan fingerprint density at radius 1 is 1.30 bits per heavy atom. The van der Waals surface area contributed by atoms with Crippen LogP contribution in [-0.4, -0.2) is 27.3 Å². The van der Waals surface area contributed by atoms with Crippen molar-refractivity contribution in [1.29, 1.82) is 0 Å². The molecule has 1 aliphatic rings. The van der Waals surface area contributed by atoms with Crippen molar-refractivity contribution in [3.05, 3.63) is 40.2 Å². The summed E-state index contributed by atoms with van der Waals surface area (Å²) in [6.45, 7) is 4.43. The van der Waals surface area contributed by atoms with Gasteiger partial charge in [0, 0.05) is 12.2 Å². The molecule has 118 valence electrons. The highest BCUT2D eigenvalue weighted by Gasteiger charge is 2.19. The van der Waals surface area contributed by atoms with Crippen molar-refractivity contribution in [2.24, 2.45) is 0 Å². The van der Waals surface area contributed by atoms with E-state index < -0.39 is 0 Å². The number of hydrogen-bond acceptors (Lipinski definition) is 6. The van der Waals surface area contributed by atoms with Crippen LogP contribution in [0.2, 0.25) is 0 Å². The number of carbonyl (C=O) groups excluding carboxylic acids is 1. The summed E-state index contributed by atoms with van der Waals surface area (Å²) in [6, 6.07) is 5.64. The number of benzene rings is 1. The molecule has 2 aromatic heterocycles. The summed E-state index contributed by atoms with van der Waals surface area (Å²) in [5.41, 5.74) is 1.81. The minimum absolute atomic E-state index is 0.116. The Morgan fingerprint density at radius 3 is 2.96 bits per heavy atom. The normalized spacial score (nSPS) is 12.8. The van der Waals surface area contributed by atoms with E-state index in [-0.39, 0.29) is 12.7 Å². The van der Waals surface area contributed by atoms with Crippen molar-refractivity contribution in [3.8, 4) is 11.5 Å². The van der Waals surface area contributed by atoms with Crippen LogP contribution in [-0.2, 0) is 6.54 Å². The SMILES string of the molecule is Cc1nnc2sc(C(=O)NCc3ccc4c(c3)OCO4)c(C)n12. The highest BCUT2D eigenvalue weighted by atomic mass is 32.1. The first kappa shape index (κ1) is 14.0. The number of hydrogen-bond donors (Lipinski definition) is 1. The van der Waals surface area contributed by atoms with Crippen molar-refractivity contribution >= 4 is 22.2 Å². The largest absolute Gasteiger partial charge is 0.454 e. The molecule has 0 saturated heterocycles. The lowest BCUT2D eigenvalue weighted by Gasteiger charge is -2.06. The zero-order valence-corrected chi connectivity index (χ0v) is 13.4. The molecule has 7 nitrogen and oxygen atoms in total. The van der Waals surface area contributed by atoms with Crippen molar-refractivity contribution in [2.45, 2.75) is 20.4 Å². The van der Waals surface area contributed by atoms with E-state index in [1.807, 2.05) is 36.4 Å². The topological polar surface area (TPSA) is 77.8 Å². The molecule has 0 unspecified atom stereocenters. The third-order valence-electron chi connectivity index (χ3n) is 3.75. The van der Waals surface area contributed by atoms with Gasteiger partial charge in [-0.05, 0) is 31.5 Å². The zero-order valence-electron chi connectivity index (χ0n) is 12.6. The lowest BCUT2D eigenvalue weighted by atomic mass is 10.2. The van der Waals surface area contributed by atoms with E-state index in [0.29, 0.717) is 17.2 Å². The lowest BCUT2D eigenvalue weighted by Crippen LogP contribution is -2.22. The van der Waals surface area contributed by atoms with Gasteiger partial charge in [-0.25, -0.2) is 0 Å². The molecule has 0 spiro atoms. The minimum Gasteiger partial charge on any atom is -0.454 e. The second-order valence-corrected chi connectivity index (χ2v) is 6.23. The van der Waals surface area contributed by atoms with Crippen LogP contribution in [0.25, 0.3) is 4.96 Å². The van der Waals surface area contributed by atoms with Crippen molar-refractivity contribution in [2.75, 3.05) is 6.79 Å². The van der Waals surface area contributed by atoms with E-state index in [9.17, 15) is 4.79 Å². The van der Waals surface area contributed by atoms with Crippen LogP contribution in [0, 0.1) is 13.8 Å². The summed E-state index contributed by atoms with van der Waals surface area (Å²) in [6.07, 6.45) is 0. The number of ether oxygens (including phenoxy) is 2. The molecule has 4 rings (SSSR count). The Kier molecular flexibility index (Phi) is 3.19. The standard InChI is InChI=1S/C15H14N4O3S/c1-8-13(23-15-18-17-9(2)19(8)15)14(20)16-6-10-3-4-11-12(5-10)22-7-21-11/h3-5H,6-7H2,1-2H3,(H,16,20). The van der Waals surface area contributed by atoms with Gasteiger partial charge in [0.2, 0.25) is 11.8 Å². The molecule has 1 aromatic carbocycles. The third kappa shape index (κ3) is 2.31. The number of carbonyl (C=O) groups is 1. The Balaban J connectivity index is 1.52. The van der Waals surface area contributed by atoms with Crippen LogP contribution in [0.15, 0.2) is 18.2 Å². The highest BCUT2D eigenvalue weighted by Crippen LogP contribution is 2.32. The fourth-order valence-corrected chi connectivity index (χ4v) is 3.61. The van der Waals surface area contributed by atoms with Crippen molar-refractivity contribution in [1.82, 2.24) is 19.9 Å². The van der Waals surface area contributed by atoms with Gasteiger partial charge >= 0.3 is 0 Å². The summed E-state index contributed by atoms with van der Waals surface area (Å²) >= 11 is 1.34. The molecule has 1 aliphatic heterocycles. The molecular weight excluding hydrogens is 316 g/mol. The summed E-state index contributed by atoms with van der Waals surface area (Å²) in [5, 5.41) is 11.0. The zero-order chi connectivity index (χ0) is 16.0. The van der Waals surface area contributed by atoms with E-state index in [1.165, 1.54) is 11.3 Å². The molecule has 3 heterocycles. The van der Waals surface area contributed by atoms with Gasteiger partial charge in [0.05, 0.1) is 0 Å². The number of nitrogens with one attached hydrogen (secondary N) is 1. The third-order valence-corrected chi connectivity index (χ3v) is 4.88. The molecular formula is C15H14N4O3S. The summed E-state index contributed by atoms with van der Waals surface area (Å²) in [4.78, 5) is 13.8. The van der Waals surface area contributed by atoms with Gasteiger partial charge in [0.15, 0.2) is 11.5 Å². The van der Waals surface area contributed by atoms with E-state index >= 15 is 0 Å². The van der Waals surface area contributed by atoms with Crippen LogP contribution in [0.4, 0.5) is 0 Å². The average Bonchev–Trinajstić information content (AvgIpc) is 3.22. The minimum atomic E-state index is -0.116. The Labute approximate surface area is 135 Å². The van der Waals surface area contributed by atoms with Gasteiger partial charge in [-0.3, -0.25) is 9.20 Å². The first-order valence-electron chi connectivity index (χ1n) is 7.11. The first-order valence-corrected chi connectivity index (χ1v) is 7.93. The van der Waals surface area contributed by atoms with Gasteiger partial charge < -0.3 is 14.8 Å². The van der Waals surface area contributed by atoms with Crippen LogP contribution in [0.5, 0.6) is 11.5 Å². The molecule has 0 fully saturated rings. The second-order valence-electron chi connectivity index (χ2n) is 5.25. The maximum atomic E-state index is 12.4. The Morgan fingerprint density at radius 2 is 2.13 bits per heavy atom. The van der Waals surface area contributed by atoms with Crippen LogP contribution < -0.4 is 14.8 Å². The van der Waals surface area contributed by atoms with Gasteiger partial charge in [-0.15, -0.1) is 10.2 Å². The number of aromatic nitrogens is 3. The lowest BCUT2D eigenvalue weighted by molar-refractivity contribution is 0.0954. The van der Waals surface area contributed by atoms with Gasteiger partial charge in [0.1, 0.15) is 10.7 Å². The first-order chi connectivity index (χ1) is 11.1. The summed E-state index contributed by atoms with van der Waals surface area (Å²) in [7, 11) is 0. The van der Waals surface area contributed by atoms with E-state index in [4.69, 9.17) is 9.47 Å². The smallest absolute Gasteiger partial charge is 0.263 e. The number of rotatable bonds is 3. The van der Waals surface area contributed by atoms with Gasteiger partial charge in [0.25, 0.3) is 5.91 Å². The predicted octanol–water partition coefficient (Wildman–Crippen LogP) is 2.07. The Bertz CT molecular complexity index is 915. The molecule has 1 amide bonds. The van der Waals surface area contributed by atoms with E-state index in [2.05, 4.69) is 15.5 Å². The second kappa shape index (κ2) is 5.24. The van der Waals surface area contributed by atoms with Crippen molar-refractivity contribution < 1.29 is 14.3 Å². The molecule has 0 bridgehead atoms. The molecule has 3 aromatic rings. The molecule has 0 aliphatic carbocycles. The predicted molar refractivity (Wildman–Crippen MR) is 84.1 cm³/mol. The van der Waals surface area contributed by atoms with Crippen LogP contribution >= 0.6 is 11.3 Å². The van der Waals surface area contributed by atoms with Crippen LogP contribution in [0.1, 0.15) is 26.8 Å². The highest BCUT2D eigenvalue weighted by molar-refractivity contribution is 7.19. The van der Waals surface area contributed by atoms with Crippen molar-refractivity contribution in [3.63, 3.8) is 0 Å². The quantitative estimate of drug-likeness (QED) is 0.795. The molecule has 0 saturated carbocycles. The fourth-order valence-electron chi connectivity index (χ4n) is 2.59. The van der Waals surface area contributed by atoms with Gasteiger partial charge in [-0.1, -0.05) is 17.4 Å². The molecule has 0 atom stereocenters. The number of aryl methyl sites for hydroxylation is 2.